The number of carbonyl (C=O) groups excluding carboxylic acids is 1. The van der Waals surface area contributed by atoms with Gasteiger partial charge in [-0.15, -0.1) is 11.3 Å². The van der Waals surface area contributed by atoms with Crippen molar-refractivity contribution in [3.8, 4) is 0 Å². The molecule has 0 aromatic carbocycles. The van der Waals surface area contributed by atoms with Crippen LogP contribution >= 0.6 is 11.3 Å². The van der Waals surface area contributed by atoms with Gasteiger partial charge in [0.2, 0.25) is 0 Å². The Morgan fingerprint density at radius 1 is 1.67 bits per heavy atom. The largest absolute Gasteiger partial charge is 0.374 e. The van der Waals surface area contributed by atoms with Crippen LogP contribution in [0.5, 0.6) is 0 Å². The van der Waals surface area contributed by atoms with Crippen molar-refractivity contribution in [2.75, 3.05) is 7.11 Å². The lowest BCUT2D eigenvalue weighted by molar-refractivity contribution is -0.128. The van der Waals surface area contributed by atoms with Crippen molar-refractivity contribution in [1.29, 1.82) is 0 Å². The van der Waals surface area contributed by atoms with Crippen LogP contribution in [0.3, 0.4) is 0 Å². The molecule has 1 atom stereocenters. The first-order valence-electron chi connectivity index (χ1n) is 5.13. The lowest BCUT2D eigenvalue weighted by Gasteiger charge is -2.11. The minimum Gasteiger partial charge on any atom is -0.374 e. The maximum Gasteiger partial charge on any atom is 0.167 e. The average Bonchev–Trinajstić information content (AvgIpc) is 2.60. The second-order valence-corrected chi connectivity index (χ2v) is 4.58. The van der Waals surface area contributed by atoms with E-state index < -0.39 is 0 Å². The van der Waals surface area contributed by atoms with Gasteiger partial charge in [0.15, 0.2) is 5.78 Å². The van der Waals surface area contributed by atoms with E-state index in [1.54, 1.807) is 18.4 Å². The summed E-state index contributed by atoms with van der Waals surface area (Å²) in [5.74, 6) is 0.129. The Bertz CT molecular complexity index is 322. The summed E-state index contributed by atoms with van der Waals surface area (Å²) in [5, 5.41) is 2.94. The summed E-state index contributed by atoms with van der Waals surface area (Å²) in [5.41, 5.74) is 0.862. The van der Waals surface area contributed by atoms with Crippen molar-refractivity contribution in [3.63, 3.8) is 0 Å². The van der Waals surface area contributed by atoms with E-state index in [0.717, 1.165) is 23.5 Å². The molecule has 0 radical (unpaired) electrons. The van der Waals surface area contributed by atoms with E-state index in [1.807, 2.05) is 19.2 Å². The molecule has 0 aliphatic carbocycles. The van der Waals surface area contributed by atoms with Crippen molar-refractivity contribution in [2.45, 2.75) is 39.2 Å². The normalized spacial score (nSPS) is 12.7. The Balaban J connectivity index is 2.53. The van der Waals surface area contributed by atoms with E-state index in [0.29, 0.717) is 6.42 Å². The number of Topliss-reactive ketones (excluding diaryl/α,β-unsaturated/α-hetero) is 1. The third-order valence-electron chi connectivity index (χ3n) is 2.22. The van der Waals surface area contributed by atoms with Gasteiger partial charge in [-0.1, -0.05) is 13.3 Å². The molecular formula is C11H17NO2S. The molecule has 0 saturated carbocycles. The summed E-state index contributed by atoms with van der Waals surface area (Å²) in [6, 6.07) is 0. The fourth-order valence-corrected chi connectivity index (χ4v) is 2.07. The number of aromatic nitrogens is 1. The topological polar surface area (TPSA) is 39.2 Å². The molecule has 3 nitrogen and oxygen atoms in total. The fraction of sp³-hybridized carbons (Fsp3) is 0.636. The summed E-state index contributed by atoms with van der Waals surface area (Å²) in [6.45, 7) is 3.99. The SMILES string of the molecule is CCCC(OC)C(=O)Cc1csc(C)n1. The van der Waals surface area contributed by atoms with Gasteiger partial charge < -0.3 is 4.74 Å². The minimum absolute atomic E-state index is 0.129. The van der Waals surface area contributed by atoms with Crippen molar-refractivity contribution in [2.24, 2.45) is 0 Å². The van der Waals surface area contributed by atoms with E-state index in [2.05, 4.69) is 4.98 Å². The van der Waals surface area contributed by atoms with Crippen LogP contribution in [-0.4, -0.2) is 24.0 Å². The molecule has 1 heterocycles. The van der Waals surface area contributed by atoms with Crippen LogP contribution in [0.4, 0.5) is 0 Å². The van der Waals surface area contributed by atoms with Crippen LogP contribution in [0.15, 0.2) is 5.38 Å². The number of methoxy groups -OCH3 is 1. The number of rotatable bonds is 6. The molecule has 0 aliphatic heterocycles. The van der Waals surface area contributed by atoms with Gasteiger partial charge in [-0.3, -0.25) is 4.79 Å². The molecule has 1 aromatic heterocycles. The van der Waals surface area contributed by atoms with Crippen LogP contribution in [0.2, 0.25) is 0 Å². The van der Waals surface area contributed by atoms with E-state index >= 15 is 0 Å². The lowest BCUT2D eigenvalue weighted by atomic mass is 10.1. The zero-order valence-corrected chi connectivity index (χ0v) is 10.3. The quantitative estimate of drug-likeness (QED) is 0.749. The van der Waals surface area contributed by atoms with Gasteiger partial charge in [-0.25, -0.2) is 4.98 Å². The van der Waals surface area contributed by atoms with E-state index in [-0.39, 0.29) is 11.9 Å². The molecule has 4 heteroatoms. The van der Waals surface area contributed by atoms with Gasteiger partial charge in [-0.05, 0) is 13.3 Å². The molecule has 0 amide bonds. The van der Waals surface area contributed by atoms with Crippen LogP contribution in [0.1, 0.15) is 30.5 Å². The zero-order chi connectivity index (χ0) is 11.3. The molecule has 1 rings (SSSR count). The molecule has 0 N–H and O–H groups in total. The smallest absolute Gasteiger partial charge is 0.167 e. The summed E-state index contributed by atoms with van der Waals surface area (Å²) < 4.78 is 5.16. The molecule has 0 spiro atoms. The number of ether oxygens (including phenoxy) is 1. The molecule has 0 fully saturated rings. The number of carbonyl (C=O) groups is 1. The number of hydrogen-bond donors (Lipinski definition) is 0. The summed E-state index contributed by atoms with van der Waals surface area (Å²) in [6.07, 6.45) is 1.87. The first-order chi connectivity index (χ1) is 7.17. The second kappa shape index (κ2) is 5.98. The van der Waals surface area contributed by atoms with Gasteiger partial charge >= 0.3 is 0 Å². The Morgan fingerprint density at radius 3 is 2.87 bits per heavy atom. The van der Waals surface area contributed by atoms with Crippen molar-refractivity contribution >= 4 is 17.1 Å². The third-order valence-corrected chi connectivity index (χ3v) is 3.04. The van der Waals surface area contributed by atoms with E-state index in [1.165, 1.54) is 0 Å². The fourth-order valence-electron chi connectivity index (χ4n) is 1.45. The highest BCUT2D eigenvalue weighted by molar-refractivity contribution is 7.09. The molecule has 0 saturated heterocycles. The maximum absolute atomic E-state index is 11.8. The first-order valence-corrected chi connectivity index (χ1v) is 6.01. The van der Waals surface area contributed by atoms with Gasteiger partial charge in [0.1, 0.15) is 6.10 Å². The highest BCUT2D eigenvalue weighted by Crippen LogP contribution is 2.11. The van der Waals surface area contributed by atoms with Crippen LogP contribution in [0, 0.1) is 6.92 Å². The van der Waals surface area contributed by atoms with Crippen molar-refractivity contribution in [1.82, 2.24) is 4.98 Å². The number of nitrogens with zero attached hydrogens (tertiary/aromatic N) is 1. The van der Waals surface area contributed by atoms with Crippen LogP contribution < -0.4 is 0 Å². The molecule has 0 bridgehead atoms. The Kier molecular flexibility index (Phi) is 4.91. The van der Waals surface area contributed by atoms with Gasteiger partial charge in [-0.2, -0.15) is 0 Å². The predicted molar refractivity (Wildman–Crippen MR) is 61.3 cm³/mol. The molecule has 1 unspecified atom stereocenters. The molecule has 1 aromatic rings. The Morgan fingerprint density at radius 2 is 2.40 bits per heavy atom. The van der Waals surface area contributed by atoms with Gasteiger partial charge in [0.25, 0.3) is 0 Å². The highest BCUT2D eigenvalue weighted by atomic mass is 32.1. The zero-order valence-electron chi connectivity index (χ0n) is 9.45. The predicted octanol–water partition coefficient (Wildman–Crippen LogP) is 2.38. The monoisotopic (exact) mass is 227 g/mol. The molecule has 0 aliphatic rings. The van der Waals surface area contributed by atoms with Gasteiger partial charge in [0.05, 0.1) is 17.1 Å². The molecular weight excluding hydrogens is 210 g/mol. The highest BCUT2D eigenvalue weighted by Gasteiger charge is 2.17. The maximum atomic E-state index is 11.8. The van der Waals surface area contributed by atoms with Gasteiger partial charge in [0, 0.05) is 12.5 Å². The Labute approximate surface area is 94.5 Å². The van der Waals surface area contributed by atoms with Crippen LogP contribution in [-0.2, 0) is 16.0 Å². The average molecular weight is 227 g/mol. The molecule has 15 heavy (non-hydrogen) atoms. The van der Waals surface area contributed by atoms with Crippen molar-refractivity contribution < 1.29 is 9.53 Å². The summed E-state index contributed by atoms with van der Waals surface area (Å²) in [7, 11) is 1.59. The Hall–Kier alpha value is -0.740. The number of thiazole rings is 1. The van der Waals surface area contributed by atoms with Crippen LogP contribution in [0.25, 0.3) is 0 Å². The van der Waals surface area contributed by atoms with E-state index in [4.69, 9.17) is 4.74 Å². The molecule has 84 valence electrons. The summed E-state index contributed by atoms with van der Waals surface area (Å²) in [4.78, 5) is 16.1. The first kappa shape index (κ1) is 12.3. The third kappa shape index (κ3) is 3.72. The van der Waals surface area contributed by atoms with Crippen molar-refractivity contribution in [3.05, 3.63) is 16.1 Å². The summed E-state index contributed by atoms with van der Waals surface area (Å²) >= 11 is 1.57. The number of ketones is 1. The lowest BCUT2D eigenvalue weighted by Crippen LogP contribution is -2.24. The number of aryl methyl sites for hydroxylation is 1. The standard InChI is InChI=1S/C11H17NO2S/c1-4-5-11(14-3)10(13)6-9-7-15-8(2)12-9/h7,11H,4-6H2,1-3H3. The minimum atomic E-state index is -0.267. The number of hydrogen-bond acceptors (Lipinski definition) is 4. The van der Waals surface area contributed by atoms with E-state index in [9.17, 15) is 4.79 Å². The second-order valence-electron chi connectivity index (χ2n) is 3.51.